The summed E-state index contributed by atoms with van der Waals surface area (Å²) in [6.07, 6.45) is -3.67. The predicted molar refractivity (Wildman–Crippen MR) is 78.4 cm³/mol. The molecule has 0 unspecified atom stereocenters. The van der Waals surface area contributed by atoms with E-state index in [2.05, 4.69) is 0 Å². The quantitative estimate of drug-likeness (QED) is 0.796. The van der Waals surface area contributed by atoms with Crippen LogP contribution in [-0.2, 0) is 14.9 Å². The Morgan fingerprint density at radius 3 is 2.43 bits per heavy atom. The smallest absolute Gasteiger partial charge is 0.401 e. The van der Waals surface area contributed by atoms with Crippen molar-refractivity contribution in [2.24, 2.45) is 0 Å². The van der Waals surface area contributed by atoms with Gasteiger partial charge in [0.15, 0.2) is 0 Å². The number of nitrogens with zero attached hydrogens (tertiary/aromatic N) is 1. The maximum absolute atomic E-state index is 12.5. The van der Waals surface area contributed by atoms with E-state index >= 15 is 0 Å². The third-order valence-corrected chi connectivity index (χ3v) is 4.31. The van der Waals surface area contributed by atoms with E-state index in [1.54, 1.807) is 24.3 Å². The summed E-state index contributed by atoms with van der Waals surface area (Å²) in [7, 11) is 2.82. The minimum Gasteiger partial charge on any atom is -0.497 e. The molecular weight excluding hydrogens is 311 g/mol. The number of hydrogen-bond donors (Lipinski definition) is 0. The number of carbonyl (C=O) groups excluding carboxylic acids is 1. The summed E-state index contributed by atoms with van der Waals surface area (Å²) in [5, 5.41) is 0. The van der Waals surface area contributed by atoms with Crippen molar-refractivity contribution in [1.29, 1.82) is 0 Å². The Kier molecular flexibility index (Phi) is 5.19. The van der Waals surface area contributed by atoms with Gasteiger partial charge in [-0.05, 0) is 43.6 Å². The average Bonchev–Trinajstić information content (AvgIpc) is 2.53. The molecule has 0 aromatic heterocycles. The van der Waals surface area contributed by atoms with Gasteiger partial charge in [-0.2, -0.15) is 13.2 Å². The molecule has 1 aliphatic rings. The lowest BCUT2D eigenvalue weighted by molar-refractivity contribution is -0.156. The van der Waals surface area contributed by atoms with E-state index in [9.17, 15) is 18.0 Å². The highest BCUT2D eigenvalue weighted by Crippen LogP contribution is 2.38. The van der Waals surface area contributed by atoms with Gasteiger partial charge in [-0.3, -0.25) is 9.69 Å². The number of alkyl halides is 3. The minimum atomic E-state index is -4.23. The highest BCUT2D eigenvalue weighted by atomic mass is 19.4. The van der Waals surface area contributed by atoms with E-state index in [1.807, 2.05) is 0 Å². The van der Waals surface area contributed by atoms with Crippen LogP contribution in [0.15, 0.2) is 24.3 Å². The molecule has 7 heteroatoms. The van der Waals surface area contributed by atoms with Crippen LogP contribution in [0.4, 0.5) is 13.2 Å². The van der Waals surface area contributed by atoms with Crippen LogP contribution < -0.4 is 4.74 Å². The molecule has 1 fully saturated rings. The van der Waals surface area contributed by atoms with Gasteiger partial charge in [-0.15, -0.1) is 0 Å². The van der Waals surface area contributed by atoms with Gasteiger partial charge in [0.1, 0.15) is 5.75 Å². The Morgan fingerprint density at radius 2 is 1.91 bits per heavy atom. The molecular formula is C16H20F3NO3. The maximum Gasteiger partial charge on any atom is 0.401 e. The molecule has 1 heterocycles. The molecule has 128 valence electrons. The molecule has 0 radical (unpaired) electrons. The number of methoxy groups -OCH3 is 2. The lowest BCUT2D eigenvalue weighted by Crippen LogP contribution is -2.49. The summed E-state index contributed by atoms with van der Waals surface area (Å²) >= 11 is 0. The second-order valence-corrected chi connectivity index (χ2v) is 5.70. The molecule has 0 atom stereocenters. The summed E-state index contributed by atoms with van der Waals surface area (Å²) < 4.78 is 47.7. The lowest BCUT2D eigenvalue weighted by Gasteiger charge is -2.40. The number of carbonyl (C=O) groups is 1. The van der Waals surface area contributed by atoms with Crippen molar-refractivity contribution in [3.63, 3.8) is 0 Å². The summed E-state index contributed by atoms with van der Waals surface area (Å²) in [5.41, 5.74) is -0.207. The summed E-state index contributed by atoms with van der Waals surface area (Å²) in [5.74, 6) is 0.181. The largest absolute Gasteiger partial charge is 0.497 e. The van der Waals surface area contributed by atoms with Gasteiger partial charge in [-0.25, -0.2) is 0 Å². The van der Waals surface area contributed by atoms with Crippen LogP contribution in [0.2, 0.25) is 0 Å². The van der Waals surface area contributed by atoms with Gasteiger partial charge in [0, 0.05) is 0 Å². The summed E-state index contributed by atoms with van der Waals surface area (Å²) in [4.78, 5) is 13.7. The number of likely N-dealkylation sites (tertiary alicyclic amines) is 1. The number of benzene rings is 1. The fourth-order valence-electron chi connectivity index (χ4n) is 3.07. The normalized spacial score (nSPS) is 18.5. The van der Waals surface area contributed by atoms with Crippen molar-refractivity contribution in [2.45, 2.75) is 24.4 Å². The lowest BCUT2D eigenvalue weighted by atomic mass is 9.72. The average molecular weight is 331 g/mol. The molecule has 1 aromatic rings. The topological polar surface area (TPSA) is 38.8 Å². The molecule has 4 nitrogen and oxygen atoms in total. The highest BCUT2D eigenvalue weighted by Gasteiger charge is 2.45. The Bertz CT molecular complexity index is 552. The number of piperidine rings is 1. The number of hydrogen-bond acceptors (Lipinski definition) is 4. The Labute approximate surface area is 133 Å². The van der Waals surface area contributed by atoms with Crippen LogP contribution in [0.3, 0.4) is 0 Å². The molecule has 0 bridgehead atoms. The first-order valence-corrected chi connectivity index (χ1v) is 7.33. The zero-order chi connectivity index (χ0) is 17.1. The summed E-state index contributed by atoms with van der Waals surface area (Å²) in [6, 6.07) is 7.06. The van der Waals surface area contributed by atoms with E-state index in [0.717, 1.165) is 5.56 Å². The van der Waals surface area contributed by atoms with Crippen LogP contribution in [0.25, 0.3) is 0 Å². The van der Waals surface area contributed by atoms with Gasteiger partial charge in [0.25, 0.3) is 0 Å². The van der Waals surface area contributed by atoms with Gasteiger partial charge in [-0.1, -0.05) is 12.1 Å². The first-order valence-electron chi connectivity index (χ1n) is 7.33. The monoisotopic (exact) mass is 331 g/mol. The molecule has 23 heavy (non-hydrogen) atoms. The van der Waals surface area contributed by atoms with Crippen LogP contribution in [0, 0.1) is 0 Å². The van der Waals surface area contributed by atoms with Crippen molar-refractivity contribution in [1.82, 2.24) is 4.90 Å². The molecule has 0 saturated carbocycles. The van der Waals surface area contributed by atoms with Gasteiger partial charge in [0.05, 0.1) is 26.2 Å². The second kappa shape index (κ2) is 6.78. The molecule has 0 spiro atoms. The van der Waals surface area contributed by atoms with E-state index in [1.165, 1.54) is 19.1 Å². The molecule has 0 amide bonds. The Balaban J connectivity index is 2.24. The van der Waals surface area contributed by atoms with Crippen LogP contribution in [0.5, 0.6) is 5.75 Å². The van der Waals surface area contributed by atoms with Crippen molar-refractivity contribution in [2.75, 3.05) is 33.9 Å². The Hall–Kier alpha value is -1.76. The molecule has 2 rings (SSSR count). The minimum absolute atomic E-state index is 0.186. The van der Waals surface area contributed by atoms with Crippen LogP contribution in [0.1, 0.15) is 18.4 Å². The first kappa shape index (κ1) is 17.6. The molecule has 0 aliphatic carbocycles. The second-order valence-electron chi connectivity index (χ2n) is 5.70. The third-order valence-electron chi connectivity index (χ3n) is 4.31. The van der Waals surface area contributed by atoms with Gasteiger partial charge in [0.2, 0.25) is 0 Å². The highest BCUT2D eigenvalue weighted by molar-refractivity contribution is 5.83. The van der Waals surface area contributed by atoms with Crippen molar-refractivity contribution in [3.8, 4) is 5.75 Å². The molecule has 1 aliphatic heterocycles. The van der Waals surface area contributed by atoms with Gasteiger partial charge < -0.3 is 9.47 Å². The molecule has 1 saturated heterocycles. The van der Waals surface area contributed by atoms with Crippen molar-refractivity contribution >= 4 is 5.97 Å². The fraction of sp³-hybridized carbons (Fsp3) is 0.562. The maximum atomic E-state index is 12.5. The Morgan fingerprint density at radius 1 is 1.26 bits per heavy atom. The molecule has 0 N–H and O–H groups in total. The first-order chi connectivity index (χ1) is 10.8. The van der Waals surface area contributed by atoms with Crippen molar-refractivity contribution < 1.29 is 27.4 Å². The van der Waals surface area contributed by atoms with E-state index < -0.39 is 24.1 Å². The SMILES string of the molecule is COC(=O)C1(c2cccc(OC)c2)CCN(CC(F)(F)F)CC1. The van der Waals surface area contributed by atoms with Crippen LogP contribution >= 0.6 is 0 Å². The van der Waals surface area contributed by atoms with E-state index in [-0.39, 0.29) is 25.9 Å². The van der Waals surface area contributed by atoms with Crippen LogP contribution in [-0.4, -0.2) is 50.9 Å². The number of ether oxygens (including phenoxy) is 2. The zero-order valence-corrected chi connectivity index (χ0v) is 13.2. The van der Waals surface area contributed by atoms with Crippen molar-refractivity contribution in [3.05, 3.63) is 29.8 Å². The van der Waals surface area contributed by atoms with Gasteiger partial charge >= 0.3 is 12.1 Å². The number of rotatable bonds is 4. The zero-order valence-electron chi connectivity index (χ0n) is 13.2. The van der Waals surface area contributed by atoms with E-state index in [0.29, 0.717) is 5.75 Å². The standard InChI is InChI=1S/C16H20F3NO3/c1-22-13-5-3-4-12(10-13)15(14(21)23-2)6-8-20(9-7-15)11-16(17,18)19/h3-5,10H,6-9,11H2,1-2H3. The van der Waals surface area contributed by atoms with E-state index in [4.69, 9.17) is 9.47 Å². The fourth-order valence-corrected chi connectivity index (χ4v) is 3.07. The molecule has 1 aromatic carbocycles. The number of halogens is 3. The summed E-state index contributed by atoms with van der Waals surface area (Å²) in [6.45, 7) is -0.583. The third kappa shape index (κ3) is 3.96. The predicted octanol–water partition coefficient (Wildman–Crippen LogP) is 2.76. The number of esters is 1.